The molecule has 0 radical (unpaired) electrons. The largest absolute Gasteiger partial charge is 0.464 e. The molecule has 0 unspecified atom stereocenters. The van der Waals surface area contributed by atoms with Crippen molar-refractivity contribution in [1.29, 1.82) is 0 Å². The van der Waals surface area contributed by atoms with Crippen LogP contribution in [-0.4, -0.2) is 32.6 Å². The van der Waals surface area contributed by atoms with E-state index in [9.17, 15) is 4.79 Å². The van der Waals surface area contributed by atoms with E-state index in [0.29, 0.717) is 5.69 Å². The van der Waals surface area contributed by atoms with Crippen molar-refractivity contribution < 1.29 is 9.53 Å². The van der Waals surface area contributed by atoms with Crippen LogP contribution in [-0.2, 0) is 4.74 Å². The topological polar surface area (TPSA) is 69.9 Å². The van der Waals surface area contributed by atoms with Gasteiger partial charge in [-0.1, -0.05) is 12.1 Å². The van der Waals surface area contributed by atoms with E-state index in [1.54, 1.807) is 23.3 Å². The molecule has 0 N–H and O–H groups in total. The first-order valence-corrected chi connectivity index (χ1v) is 7.18. The van der Waals surface area contributed by atoms with Crippen molar-refractivity contribution in [3.63, 3.8) is 0 Å². The number of nitrogens with zero attached hydrogens (tertiary/aromatic N) is 4. The van der Waals surface area contributed by atoms with Crippen molar-refractivity contribution in [3.05, 3.63) is 66.5 Å². The van der Waals surface area contributed by atoms with E-state index in [1.807, 2.05) is 37.3 Å². The maximum absolute atomic E-state index is 11.8. The highest BCUT2D eigenvalue weighted by Crippen LogP contribution is 2.21. The molecule has 0 aliphatic carbocycles. The molecular weight excluding hydrogens is 292 g/mol. The summed E-state index contributed by atoms with van der Waals surface area (Å²) < 4.78 is 6.54. The number of carbonyl (C=O) groups excluding carboxylic acids is 1. The van der Waals surface area contributed by atoms with Crippen LogP contribution >= 0.6 is 0 Å². The van der Waals surface area contributed by atoms with Gasteiger partial charge in [-0.15, -0.1) is 0 Å². The minimum atomic E-state index is -0.410. The van der Waals surface area contributed by atoms with Gasteiger partial charge in [-0.3, -0.25) is 9.97 Å². The minimum Gasteiger partial charge on any atom is -0.464 e. The Bertz CT molecular complexity index is 797. The first kappa shape index (κ1) is 14.9. The number of esters is 1. The van der Waals surface area contributed by atoms with Gasteiger partial charge in [0, 0.05) is 12.4 Å². The van der Waals surface area contributed by atoms with E-state index in [4.69, 9.17) is 4.74 Å². The lowest BCUT2D eigenvalue weighted by Gasteiger charge is -2.16. The second-order valence-corrected chi connectivity index (χ2v) is 5.05. The molecule has 6 heteroatoms. The smallest absolute Gasteiger partial charge is 0.356 e. The van der Waals surface area contributed by atoms with Gasteiger partial charge in [0.2, 0.25) is 0 Å². The molecule has 116 valence electrons. The summed E-state index contributed by atoms with van der Waals surface area (Å²) in [4.78, 5) is 24.5. The summed E-state index contributed by atoms with van der Waals surface area (Å²) in [6.07, 6.45) is 6.64. The molecule has 0 aliphatic rings. The van der Waals surface area contributed by atoms with Crippen molar-refractivity contribution in [3.8, 4) is 11.4 Å². The zero-order valence-corrected chi connectivity index (χ0v) is 12.9. The molecule has 0 bridgehead atoms. The Hall–Kier alpha value is -3.02. The SMILES string of the molecule is COC(=O)c1cncn1[C@H](C)c1ccc(-c2ccccn2)nc1. The highest BCUT2D eigenvalue weighted by Gasteiger charge is 2.17. The van der Waals surface area contributed by atoms with E-state index in [1.165, 1.54) is 13.3 Å². The second-order valence-electron chi connectivity index (χ2n) is 5.05. The molecule has 0 saturated heterocycles. The summed E-state index contributed by atoms with van der Waals surface area (Å²) in [6, 6.07) is 9.52. The van der Waals surface area contributed by atoms with E-state index in [2.05, 4.69) is 15.0 Å². The number of methoxy groups -OCH3 is 1. The molecule has 3 aromatic heterocycles. The number of hydrogen-bond donors (Lipinski definition) is 0. The van der Waals surface area contributed by atoms with Crippen LogP contribution in [0.3, 0.4) is 0 Å². The van der Waals surface area contributed by atoms with Crippen molar-refractivity contribution in [2.75, 3.05) is 7.11 Å². The lowest BCUT2D eigenvalue weighted by atomic mass is 10.1. The van der Waals surface area contributed by atoms with Crippen LogP contribution in [0, 0.1) is 0 Å². The standard InChI is InChI=1S/C17H16N4O2/c1-12(21-11-18-10-16(21)17(22)23-2)13-6-7-15(20-9-13)14-5-3-4-8-19-14/h3-12H,1-2H3/t12-/m1/s1. The Morgan fingerprint density at radius 1 is 1.13 bits per heavy atom. The fourth-order valence-electron chi connectivity index (χ4n) is 2.35. The molecule has 0 spiro atoms. The molecule has 0 amide bonds. The van der Waals surface area contributed by atoms with Crippen LogP contribution in [0.25, 0.3) is 11.4 Å². The third-order valence-corrected chi connectivity index (χ3v) is 3.67. The fourth-order valence-corrected chi connectivity index (χ4v) is 2.35. The van der Waals surface area contributed by atoms with Gasteiger partial charge in [0.15, 0.2) is 0 Å². The summed E-state index contributed by atoms with van der Waals surface area (Å²) in [5.74, 6) is -0.410. The normalized spacial score (nSPS) is 11.9. The summed E-state index contributed by atoms with van der Waals surface area (Å²) in [7, 11) is 1.35. The minimum absolute atomic E-state index is 0.0862. The van der Waals surface area contributed by atoms with E-state index < -0.39 is 5.97 Å². The van der Waals surface area contributed by atoms with Gasteiger partial charge < -0.3 is 9.30 Å². The van der Waals surface area contributed by atoms with Crippen molar-refractivity contribution >= 4 is 5.97 Å². The van der Waals surface area contributed by atoms with Gasteiger partial charge in [0.25, 0.3) is 0 Å². The van der Waals surface area contributed by atoms with Crippen molar-refractivity contribution in [1.82, 2.24) is 19.5 Å². The number of hydrogen-bond acceptors (Lipinski definition) is 5. The van der Waals surface area contributed by atoms with Crippen LogP contribution in [0.2, 0.25) is 0 Å². The Morgan fingerprint density at radius 2 is 1.96 bits per heavy atom. The molecule has 3 rings (SSSR count). The molecule has 0 saturated carbocycles. The molecule has 1 atom stereocenters. The molecule has 0 aliphatic heterocycles. The maximum Gasteiger partial charge on any atom is 0.356 e. The van der Waals surface area contributed by atoms with Crippen LogP contribution in [0.15, 0.2) is 55.2 Å². The van der Waals surface area contributed by atoms with Gasteiger partial charge in [-0.2, -0.15) is 0 Å². The zero-order valence-electron chi connectivity index (χ0n) is 12.9. The number of carbonyl (C=O) groups is 1. The molecule has 0 fully saturated rings. The maximum atomic E-state index is 11.8. The van der Waals surface area contributed by atoms with Gasteiger partial charge in [-0.25, -0.2) is 9.78 Å². The highest BCUT2D eigenvalue weighted by atomic mass is 16.5. The average Bonchev–Trinajstić information content (AvgIpc) is 3.11. The van der Waals surface area contributed by atoms with Crippen LogP contribution < -0.4 is 0 Å². The van der Waals surface area contributed by atoms with Gasteiger partial charge >= 0.3 is 5.97 Å². The quantitative estimate of drug-likeness (QED) is 0.693. The third-order valence-electron chi connectivity index (χ3n) is 3.67. The van der Waals surface area contributed by atoms with Crippen molar-refractivity contribution in [2.45, 2.75) is 13.0 Å². The van der Waals surface area contributed by atoms with Gasteiger partial charge in [-0.05, 0) is 30.7 Å². The zero-order chi connectivity index (χ0) is 16.2. The van der Waals surface area contributed by atoms with E-state index in [0.717, 1.165) is 17.0 Å². The van der Waals surface area contributed by atoms with Gasteiger partial charge in [0.05, 0.1) is 37.1 Å². The Morgan fingerprint density at radius 3 is 2.61 bits per heavy atom. The fraction of sp³-hybridized carbons (Fsp3) is 0.176. The number of imidazole rings is 1. The second kappa shape index (κ2) is 6.39. The molecule has 0 aromatic carbocycles. The summed E-state index contributed by atoms with van der Waals surface area (Å²) in [5.41, 5.74) is 3.01. The average molecular weight is 308 g/mol. The molecule has 3 heterocycles. The molecule has 3 aromatic rings. The predicted molar refractivity (Wildman–Crippen MR) is 84.8 cm³/mol. The first-order valence-electron chi connectivity index (χ1n) is 7.18. The van der Waals surface area contributed by atoms with Crippen molar-refractivity contribution in [2.24, 2.45) is 0 Å². The van der Waals surface area contributed by atoms with Crippen LogP contribution in [0.1, 0.15) is 29.0 Å². The number of aromatic nitrogens is 4. The third kappa shape index (κ3) is 2.96. The predicted octanol–water partition coefficient (Wildman–Crippen LogP) is 2.74. The van der Waals surface area contributed by atoms with Crippen LogP contribution in [0.5, 0.6) is 0 Å². The molecule has 23 heavy (non-hydrogen) atoms. The Balaban J connectivity index is 1.88. The molecular formula is C17H16N4O2. The van der Waals surface area contributed by atoms with Gasteiger partial charge in [0.1, 0.15) is 5.69 Å². The number of ether oxygens (including phenoxy) is 1. The monoisotopic (exact) mass is 308 g/mol. The number of pyridine rings is 2. The van der Waals surface area contributed by atoms with E-state index >= 15 is 0 Å². The first-order chi connectivity index (χ1) is 11.2. The van der Waals surface area contributed by atoms with Crippen LogP contribution in [0.4, 0.5) is 0 Å². The molecule has 6 nitrogen and oxygen atoms in total. The summed E-state index contributed by atoms with van der Waals surface area (Å²) >= 11 is 0. The lowest BCUT2D eigenvalue weighted by Crippen LogP contribution is -2.14. The van der Waals surface area contributed by atoms with E-state index in [-0.39, 0.29) is 6.04 Å². The Kier molecular flexibility index (Phi) is 4.14. The summed E-state index contributed by atoms with van der Waals surface area (Å²) in [5, 5.41) is 0. The Labute approximate surface area is 133 Å². The lowest BCUT2D eigenvalue weighted by molar-refractivity contribution is 0.0587. The summed E-state index contributed by atoms with van der Waals surface area (Å²) in [6.45, 7) is 1.98. The highest BCUT2D eigenvalue weighted by molar-refractivity contribution is 5.87. The number of rotatable bonds is 4.